The zero-order valence-corrected chi connectivity index (χ0v) is 10.8. The van der Waals surface area contributed by atoms with E-state index in [2.05, 4.69) is 0 Å². The number of rotatable bonds is 4. The van der Waals surface area contributed by atoms with Gasteiger partial charge in [0.05, 0.1) is 6.10 Å². The summed E-state index contributed by atoms with van der Waals surface area (Å²) in [7, 11) is 0. The van der Waals surface area contributed by atoms with Crippen molar-refractivity contribution in [2.75, 3.05) is 11.5 Å². The lowest BCUT2D eigenvalue weighted by atomic mass is 10.1. The third-order valence-electron chi connectivity index (χ3n) is 2.62. The van der Waals surface area contributed by atoms with Crippen molar-refractivity contribution < 1.29 is 13.9 Å². The summed E-state index contributed by atoms with van der Waals surface area (Å²) in [5.41, 5.74) is 6.93. The SMILES string of the molecule is Nc1ccc(C(O)CSc2ccc(F)c(F)c2)cc1. The van der Waals surface area contributed by atoms with E-state index < -0.39 is 17.7 Å². The number of aliphatic hydroxyl groups excluding tert-OH is 1. The number of benzene rings is 2. The Morgan fingerprint density at radius 2 is 1.74 bits per heavy atom. The van der Waals surface area contributed by atoms with Crippen molar-refractivity contribution in [3.8, 4) is 0 Å². The summed E-state index contributed by atoms with van der Waals surface area (Å²) in [6, 6.07) is 10.6. The molecule has 0 spiro atoms. The number of hydrogen-bond acceptors (Lipinski definition) is 3. The Hall–Kier alpha value is -1.59. The van der Waals surface area contributed by atoms with Crippen molar-refractivity contribution in [3.63, 3.8) is 0 Å². The maximum atomic E-state index is 13.0. The average Bonchev–Trinajstić information content (AvgIpc) is 2.40. The number of nitrogen functional groups attached to an aromatic ring is 1. The number of aliphatic hydroxyl groups is 1. The lowest BCUT2D eigenvalue weighted by Crippen LogP contribution is -2.00. The molecule has 0 radical (unpaired) electrons. The van der Waals surface area contributed by atoms with E-state index in [1.807, 2.05) is 0 Å². The second-order valence-electron chi connectivity index (χ2n) is 4.07. The molecule has 1 atom stereocenters. The van der Waals surface area contributed by atoms with Gasteiger partial charge in [0.2, 0.25) is 0 Å². The first-order chi connectivity index (χ1) is 9.06. The van der Waals surface area contributed by atoms with Gasteiger partial charge in [-0.25, -0.2) is 8.78 Å². The van der Waals surface area contributed by atoms with E-state index in [0.717, 1.165) is 17.7 Å². The van der Waals surface area contributed by atoms with Crippen molar-refractivity contribution >= 4 is 17.4 Å². The molecule has 0 saturated carbocycles. The van der Waals surface area contributed by atoms with Crippen LogP contribution in [0.15, 0.2) is 47.4 Å². The second-order valence-corrected chi connectivity index (χ2v) is 5.16. The van der Waals surface area contributed by atoms with Crippen LogP contribution >= 0.6 is 11.8 Å². The molecule has 2 aromatic carbocycles. The molecule has 0 aliphatic heterocycles. The lowest BCUT2D eigenvalue weighted by molar-refractivity contribution is 0.204. The molecule has 2 aromatic rings. The van der Waals surface area contributed by atoms with Crippen molar-refractivity contribution in [2.45, 2.75) is 11.0 Å². The third kappa shape index (κ3) is 3.68. The Kier molecular flexibility index (Phi) is 4.39. The first-order valence-corrected chi connectivity index (χ1v) is 6.66. The van der Waals surface area contributed by atoms with Gasteiger partial charge < -0.3 is 10.8 Å². The molecule has 0 heterocycles. The molecule has 0 amide bonds. The van der Waals surface area contributed by atoms with Crippen LogP contribution in [0.2, 0.25) is 0 Å². The van der Waals surface area contributed by atoms with Gasteiger partial charge in [0.1, 0.15) is 0 Å². The minimum Gasteiger partial charge on any atom is -0.399 e. The smallest absolute Gasteiger partial charge is 0.159 e. The monoisotopic (exact) mass is 281 g/mol. The first kappa shape index (κ1) is 13.8. The third-order valence-corrected chi connectivity index (χ3v) is 3.69. The van der Waals surface area contributed by atoms with E-state index in [0.29, 0.717) is 16.3 Å². The van der Waals surface area contributed by atoms with Crippen molar-refractivity contribution in [3.05, 3.63) is 59.7 Å². The highest BCUT2D eigenvalue weighted by Gasteiger charge is 2.09. The molecule has 5 heteroatoms. The number of thioether (sulfide) groups is 1. The number of anilines is 1. The fourth-order valence-corrected chi connectivity index (χ4v) is 2.45. The van der Waals surface area contributed by atoms with Gasteiger partial charge >= 0.3 is 0 Å². The lowest BCUT2D eigenvalue weighted by Gasteiger charge is -2.11. The Balaban J connectivity index is 1.98. The van der Waals surface area contributed by atoms with Crippen LogP contribution in [-0.2, 0) is 0 Å². The molecule has 0 aromatic heterocycles. The van der Waals surface area contributed by atoms with Crippen molar-refractivity contribution in [1.29, 1.82) is 0 Å². The number of halogens is 2. The van der Waals surface area contributed by atoms with Crippen LogP contribution in [0.4, 0.5) is 14.5 Å². The Morgan fingerprint density at radius 1 is 1.05 bits per heavy atom. The minimum absolute atomic E-state index is 0.356. The summed E-state index contributed by atoms with van der Waals surface area (Å²) in [6.45, 7) is 0. The molecule has 0 saturated heterocycles. The minimum atomic E-state index is -0.882. The summed E-state index contributed by atoms with van der Waals surface area (Å²) in [4.78, 5) is 0.577. The van der Waals surface area contributed by atoms with Gasteiger partial charge in [0.15, 0.2) is 11.6 Å². The normalized spacial score (nSPS) is 12.4. The Bertz CT molecular complexity index is 560. The van der Waals surface area contributed by atoms with E-state index >= 15 is 0 Å². The highest BCUT2D eigenvalue weighted by atomic mass is 32.2. The Morgan fingerprint density at radius 3 is 2.37 bits per heavy atom. The largest absolute Gasteiger partial charge is 0.399 e. The fourth-order valence-electron chi connectivity index (χ4n) is 1.56. The number of nitrogens with two attached hydrogens (primary N) is 1. The standard InChI is InChI=1S/C14H13F2NOS/c15-12-6-5-11(7-13(12)16)19-8-14(18)9-1-3-10(17)4-2-9/h1-7,14,18H,8,17H2. The van der Waals surface area contributed by atoms with Crippen molar-refractivity contribution in [1.82, 2.24) is 0 Å². The molecular formula is C14H13F2NOS. The van der Waals surface area contributed by atoms with Gasteiger partial charge in [-0.3, -0.25) is 0 Å². The van der Waals surface area contributed by atoms with E-state index in [1.165, 1.54) is 17.8 Å². The Labute approximate surface area is 114 Å². The van der Waals surface area contributed by atoms with Gasteiger partial charge in [0, 0.05) is 16.3 Å². The van der Waals surface area contributed by atoms with Crippen molar-refractivity contribution in [2.24, 2.45) is 0 Å². The van der Waals surface area contributed by atoms with Gasteiger partial charge in [0.25, 0.3) is 0 Å². The van der Waals surface area contributed by atoms with Gasteiger partial charge in [-0.15, -0.1) is 11.8 Å². The maximum absolute atomic E-state index is 13.0. The summed E-state index contributed by atoms with van der Waals surface area (Å²) >= 11 is 1.26. The first-order valence-electron chi connectivity index (χ1n) is 5.67. The molecule has 0 aliphatic carbocycles. The van der Waals surface area contributed by atoms with Gasteiger partial charge in [-0.05, 0) is 35.9 Å². The maximum Gasteiger partial charge on any atom is 0.159 e. The zero-order chi connectivity index (χ0) is 13.8. The highest BCUT2D eigenvalue weighted by molar-refractivity contribution is 7.99. The summed E-state index contributed by atoms with van der Waals surface area (Å²) < 4.78 is 25.8. The molecule has 2 rings (SSSR count). The van der Waals surface area contributed by atoms with Crippen LogP contribution in [0.1, 0.15) is 11.7 Å². The van der Waals surface area contributed by atoms with Crippen LogP contribution in [0.25, 0.3) is 0 Å². The zero-order valence-electron chi connectivity index (χ0n) is 10.0. The van der Waals surface area contributed by atoms with Gasteiger partial charge in [-0.2, -0.15) is 0 Å². The second kappa shape index (κ2) is 6.04. The predicted octanol–water partition coefficient (Wildman–Crippen LogP) is 3.37. The molecule has 100 valence electrons. The molecule has 1 unspecified atom stereocenters. The molecule has 0 bridgehead atoms. The molecular weight excluding hydrogens is 268 g/mol. The number of hydrogen-bond donors (Lipinski definition) is 2. The van der Waals surface area contributed by atoms with Crippen LogP contribution in [0.3, 0.4) is 0 Å². The molecule has 19 heavy (non-hydrogen) atoms. The van der Waals surface area contributed by atoms with E-state index in [9.17, 15) is 13.9 Å². The van der Waals surface area contributed by atoms with Crippen LogP contribution in [0, 0.1) is 11.6 Å². The fraction of sp³-hybridized carbons (Fsp3) is 0.143. The summed E-state index contributed by atoms with van der Waals surface area (Å²) in [5.74, 6) is -1.40. The molecule has 0 fully saturated rings. The van der Waals surface area contributed by atoms with E-state index in [-0.39, 0.29) is 0 Å². The van der Waals surface area contributed by atoms with E-state index in [1.54, 1.807) is 24.3 Å². The molecule has 0 aliphatic rings. The van der Waals surface area contributed by atoms with Gasteiger partial charge in [-0.1, -0.05) is 12.1 Å². The van der Waals surface area contributed by atoms with Crippen LogP contribution < -0.4 is 5.73 Å². The summed E-state index contributed by atoms with van der Waals surface area (Å²) in [5, 5.41) is 9.97. The van der Waals surface area contributed by atoms with Crippen LogP contribution in [-0.4, -0.2) is 10.9 Å². The van der Waals surface area contributed by atoms with E-state index in [4.69, 9.17) is 5.73 Å². The quantitative estimate of drug-likeness (QED) is 0.667. The average molecular weight is 281 g/mol. The predicted molar refractivity (Wildman–Crippen MR) is 72.9 cm³/mol. The molecule has 3 N–H and O–H groups in total. The summed E-state index contributed by atoms with van der Waals surface area (Å²) in [6.07, 6.45) is -0.682. The molecule has 2 nitrogen and oxygen atoms in total. The topological polar surface area (TPSA) is 46.2 Å². The van der Waals surface area contributed by atoms with Crippen LogP contribution in [0.5, 0.6) is 0 Å². The highest BCUT2D eigenvalue weighted by Crippen LogP contribution is 2.26.